The lowest BCUT2D eigenvalue weighted by molar-refractivity contribution is -0.0565. The largest absolute Gasteiger partial charge is 0.359 e. The van der Waals surface area contributed by atoms with Crippen LogP contribution in [0.25, 0.3) is 0 Å². The Morgan fingerprint density at radius 1 is 1.44 bits per heavy atom. The molecule has 0 saturated carbocycles. The molecule has 3 saturated heterocycles. The summed E-state index contributed by atoms with van der Waals surface area (Å²) in [5.41, 5.74) is -0.0244. The molecule has 0 radical (unpaired) electrons. The Bertz CT molecular complexity index is 458. The molecule has 3 fully saturated rings. The summed E-state index contributed by atoms with van der Waals surface area (Å²) in [5, 5.41) is -0.0737. The lowest BCUT2D eigenvalue weighted by atomic mass is 9.93. The van der Waals surface area contributed by atoms with Gasteiger partial charge in [0.15, 0.2) is 0 Å². The Morgan fingerprint density at radius 3 is 2.72 bits per heavy atom. The van der Waals surface area contributed by atoms with E-state index in [1.165, 1.54) is 0 Å². The summed E-state index contributed by atoms with van der Waals surface area (Å²) < 4.78 is 34.9. The number of thioether (sulfide) groups is 1. The van der Waals surface area contributed by atoms with Crippen LogP contribution in [0.5, 0.6) is 0 Å². The number of hydrogen-bond acceptors (Lipinski definition) is 5. The summed E-state index contributed by atoms with van der Waals surface area (Å²) in [6, 6.07) is 0. The van der Waals surface area contributed by atoms with E-state index in [9.17, 15) is 8.42 Å². The van der Waals surface area contributed by atoms with Crippen molar-refractivity contribution in [1.29, 1.82) is 0 Å². The van der Waals surface area contributed by atoms with Crippen LogP contribution in [0.2, 0.25) is 0 Å². The summed E-state index contributed by atoms with van der Waals surface area (Å²) in [7, 11) is -3.35. The molecule has 0 aromatic rings. The standard InChI is InChI=1S/C11H17BrO4S2/c1-11(2,3)10(12)15-7-5-4-6-9(17-5)8(7)16-18(6,13)14/h5-10H,4H2,1-3H3. The van der Waals surface area contributed by atoms with Crippen molar-refractivity contribution in [2.75, 3.05) is 0 Å². The number of hydrogen-bond donors (Lipinski definition) is 0. The van der Waals surface area contributed by atoms with Crippen LogP contribution in [0.4, 0.5) is 0 Å². The summed E-state index contributed by atoms with van der Waals surface area (Å²) >= 11 is 5.27. The summed E-state index contributed by atoms with van der Waals surface area (Å²) in [4.78, 5) is 0. The summed E-state index contributed by atoms with van der Waals surface area (Å²) in [6.07, 6.45) is 0.270. The molecule has 3 aliphatic rings. The van der Waals surface area contributed by atoms with Gasteiger partial charge < -0.3 is 4.74 Å². The molecule has 0 N–H and O–H groups in total. The quantitative estimate of drug-likeness (QED) is 0.560. The highest BCUT2D eigenvalue weighted by Gasteiger charge is 2.65. The van der Waals surface area contributed by atoms with Crippen molar-refractivity contribution < 1.29 is 17.3 Å². The fraction of sp³-hybridized carbons (Fsp3) is 1.00. The van der Waals surface area contributed by atoms with E-state index in [2.05, 4.69) is 36.7 Å². The highest BCUT2D eigenvalue weighted by Crippen LogP contribution is 2.56. The van der Waals surface area contributed by atoms with E-state index >= 15 is 0 Å². The van der Waals surface area contributed by atoms with Gasteiger partial charge in [-0.15, -0.1) is 11.8 Å². The molecule has 6 atom stereocenters. The topological polar surface area (TPSA) is 52.6 Å². The monoisotopic (exact) mass is 356 g/mol. The zero-order chi connectivity index (χ0) is 13.3. The Kier molecular flexibility index (Phi) is 3.11. The van der Waals surface area contributed by atoms with Gasteiger partial charge in [-0.1, -0.05) is 36.7 Å². The van der Waals surface area contributed by atoms with Crippen LogP contribution in [-0.4, -0.2) is 41.4 Å². The maximum Gasteiger partial charge on any atom is 0.271 e. The summed E-state index contributed by atoms with van der Waals surface area (Å²) in [5.74, 6) is 0. The van der Waals surface area contributed by atoms with Crippen LogP contribution >= 0.6 is 27.7 Å². The number of rotatable bonds is 2. The smallest absolute Gasteiger partial charge is 0.271 e. The third kappa shape index (κ3) is 1.97. The Morgan fingerprint density at radius 2 is 2.11 bits per heavy atom. The lowest BCUT2D eigenvalue weighted by Gasteiger charge is -2.32. The van der Waals surface area contributed by atoms with Gasteiger partial charge in [0.2, 0.25) is 0 Å². The van der Waals surface area contributed by atoms with Gasteiger partial charge in [0, 0.05) is 5.25 Å². The maximum absolute atomic E-state index is 11.8. The predicted molar refractivity (Wildman–Crippen MR) is 74.4 cm³/mol. The van der Waals surface area contributed by atoms with Gasteiger partial charge in [-0.2, -0.15) is 8.42 Å². The summed E-state index contributed by atoms with van der Waals surface area (Å²) in [6.45, 7) is 6.26. The highest BCUT2D eigenvalue weighted by molar-refractivity contribution is 9.09. The van der Waals surface area contributed by atoms with Crippen LogP contribution < -0.4 is 0 Å². The molecular weight excluding hydrogens is 340 g/mol. The molecule has 0 aliphatic carbocycles. The van der Waals surface area contributed by atoms with Crippen LogP contribution in [0.1, 0.15) is 27.2 Å². The van der Waals surface area contributed by atoms with Gasteiger partial charge in [-0.25, -0.2) is 0 Å². The minimum Gasteiger partial charge on any atom is -0.359 e. The number of ether oxygens (including phenoxy) is 1. The zero-order valence-electron chi connectivity index (χ0n) is 10.5. The molecule has 104 valence electrons. The van der Waals surface area contributed by atoms with Crippen molar-refractivity contribution in [3.8, 4) is 0 Å². The Labute approximate surface area is 120 Å². The highest BCUT2D eigenvalue weighted by atomic mass is 79.9. The molecule has 0 aromatic heterocycles. The molecule has 2 bridgehead atoms. The predicted octanol–water partition coefficient (Wildman–Crippen LogP) is 2.12. The van der Waals surface area contributed by atoms with Gasteiger partial charge >= 0.3 is 0 Å². The first kappa shape index (κ1) is 13.7. The number of fused-ring (bicyclic) bond motifs is 1. The third-order valence-electron chi connectivity index (χ3n) is 3.75. The van der Waals surface area contributed by atoms with Gasteiger partial charge in [-0.05, 0) is 11.8 Å². The number of alkyl halides is 1. The van der Waals surface area contributed by atoms with Crippen molar-refractivity contribution in [1.82, 2.24) is 0 Å². The van der Waals surface area contributed by atoms with Crippen molar-refractivity contribution >= 4 is 37.8 Å². The van der Waals surface area contributed by atoms with E-state index in [0.717, 1.165) is 0 Å². The third-order valence-corrected chi connectivity index (χ3v) is 8.95. The molecular formula is C11H17BrO4S2. The molecule has 18 heavy (non-hydrogen) atoms. The molecule has 0 aromatic carbocycles. The molecule has 7 heteroatoms. The molecule has 6 unspecified atom stereocenters. The van der Waals surface area contributed by atoms with Crippen molar-refractivity contribution in [2.45, 2.75) is 60.2 Å². The zero-order valence-corrected chi connectivity index (χ0v) is 13.7. The normalized spacial score (nSPS) is 46.6. The van der Waals surface area contributed by atoms with Gasteiger partial charge in [-0.3, -0.25) is 4.18 Å². The lowest BCUT2D eigenvalue weighted by Crippen LogP contribution is -2.43. The van der Waals surface area contributed by atoms with Crippen molar-refractivity contribution in [2.24, 2.45) is 5.41 Å². The Hall–Kier alpha value is 0.700. The van der Waals surface area contributed by atoms with Crippen LogP contribution in [-0.2, 0) is 19.0 Å². The van der Waals surface area contributed by atoms with Gasteiger partial charge in [0.25, 0.3) is 10.1 Å². The van der Waals surface area contributed by atoms with Crippen LogP contribution in [0, 0.1) is 5.41 Å². The molecule has 0 amide bonds. The molecule has 3 aliphatic heterocycles. The van der Waals surface area contributed by atoms with E-state index in [1.807, 2.05) is 0 Å². The van der Waals surface area contributed by atoms with E-state index < -0.39 is 10.1 Å². The minimum atomic E-state index is -3.35. The second kappa shape index (κ2) is 4.10. The van der Waals surface area contributed by atoms with Crippen LogP contribution in [0.3, 0.4) is 0 Å². The minimum absolute atomic E-state index is 0.0244. The first-order valence-corrected chi connectivity index (χ1v) is 9.40. The van der Waals surface area contributed by atoms with Gasteiger partial charge in [0.05, 0.1) is 11.4 Å². The molecule has 3 rings (SSSR count). The van der Waals surface area contributed by atoms with E-state index in [0.29, 0.717) is 6.42 Å². The first-order chi connectivity index (χ1) is 8.20. The molecule has 0 spiro atoms. The van der Waals surface area contributed by atoms with E-state index in [1.54, 1.807) is 11.8 Å². The first-order valence-electron chi connectivity index (χ1n) is 6.07. The maximum atomic E-state index is 11.8. The average Bonchev–Trinajstić information content (AvgIpc) is 2.80. The van der Waals surface area contributed by atoms with Gasteiger partial charge in [0.1, 0.15) is 16.4 Å². The molecule has 4 nitrogen and oxygen atoms in total. The van der Waals surface area contributed by atoms with Crippen molar-refractivity contribution in [3.63, 3.8) is 0 Å². The molecule has 3 heterocycles. The van der Waals surface area contributed by atoms with Crippen LogP contribution in [0.15, 0.2) is 0 Å². The van der Waals surface area contributed by atoms with E-state index in [-0.39, 0.29) is 38.4 Å². The van der Waals surface area contributed by atoms with E-state index in [4.69, 9.17) is 8.92 Å². The Balaban J connectivity index is 1.78. The SMILES string of the molecule is CC(C)(C)C(Br)OC1C2CC3C(S2)C1OS3(=O)=O. The second-order valence-corrected chi connectivity index (χ2v) is 10.3. The fourth-order valence-electron chi connectivity index (χ4n) is 2.73. The van der Waals surface area contributed by atoms with Crippen molar-refractivity contribution in [3.05, 3.63) is 0 Å². The number of halogens is 1. The fourth-order valence-corrected chi connectivity index (χ4v) is 7.13. The average molecular weight is 357 g/mol. The second-order valence-electron chi connectivity index (χ2n) is 6.25.